The summed E-state index contributed by atoms with van der Waals surface area (Å²) in [5, 5.41) is 0. The van der Waals surface area contributed by atoms with Gasteiger partial charge in [0, 0.05) is 13.2 Å². The number of ether oxygens (including phenoxy) is 2. The molecule has 0 fully saturated rings. The molecule has 0 aliphatic carbocycles. The number of rotatable bonds is 11. The standard InChI is InChI=1S/C14H30O2/c1-5-7-11-15-14(10-9-13(3)4)16-12-8-6-2/h13-14H,5-12H2,1-4H3. The van der Waals surface area contributed by atoms with Gasteiger partial charge >= 0.3 is 0 Å². The zero-order valence-corrected chi connectivity index (χ0v) is 11.6. The summed E-state index contributed by atoms with van der Waals surface area (Å²) in [6.07, 6.45) is 6.89. The van der Waals surface area contributed by atoms with Crippen molar-refractivity contribution < 1.29 is 9.47 Å². The Hall–Kier alpha value is -0.0800. The van der Waals surface area contributed by atoms with Gasteiger partial charge < -0.3 is 9.47 Å². The molecule has 0 unspecified atom stereocenters. The molecule has 2 nitrogen and oxygen atoms in total. The van der Waals surface area contributed by atoms with Crippen LogP contribution in [-0.2, 0) is 9.47 Å². The number of hydrogen-bond donors (Lipinski definition) is 0. The van der Waals surface area contributed by atoms with Gasteiger partial charge in [0.25, 0.3) is 0 Å². The zero-order chi connectivity index (χ0) is 12.2. The fraction of sp³-hybridized carbons (Fsp3) is 1.00. The van der Waals surface area contributed by atoms with Gasteiger partial charge in [-0.2, -0.15) is 0 Å². The molecule has 0 aromatic rings. The van der Waals surface area contributed by atoms with Crippen molar-refractivity contribution in [1.82, 2.24) is 0 Å². The summed E-state index contributed by atoms with van der Waals surface area (Å²) in [6, 6.07) is 0. The zero-order valence-electron chi connectivity index (χ0n) is 11.6. The van der Waals surface area contributed by atoms with Crippen molar-refractivity contribution in [1.29, 1.82) is 0 Å². The normalized spacial score (nSPS) is 11.6. The van der Waals surface area contributed by atoms with Crippen LogP contribution in [0.1, 0.15) is 66.2 Å². The topological polar surface area (TPSA) is 18.5 Å². The average molecular weight is 230 g/mol. The molecule has 0 amide bonds. The van der Waals surface area contributed by atoms with Crippen LogP contribution in [0, 0.1) is 5.92 Å². The number of unbranched alkanes of at least 4 members (excludes halogenated alkanes) is 2. The van der Waals surface area contributed by atoms with Gasteiger partial charge in [0.15, 0.2) is 6.29 Å². The smallest absolute Gasteiger partial charge is 0.157 e. The Bertz CT molecular complexity index is 125. The van der Waals surface area contributed by atoms with Gasteiger partial charge in [-0.1, -0.05) is 40.5 Å². The molecule has 0 bridgehead atoms. The van der Waals surface area contributed by atoms with E-state index in [-0.39, 0.29) is 6.29 Å². The lowest BCUT2D eigenvalue weighted by molar-refractivity contribution is -0.148. The maximum absolute atomic E-state index is 5.76. The fourth-order valence-electron chi connectivity index (χ4n) is 1.40. The summed E-state index contributed by atoms with van der Waals surface area (Å²) < 4.78 is 11.5. The Labute approximate surface area is 102 Å². The van der Waals surface area contributed by atoms with Gasteiger partial charge in [0.05, 0.1) is 0 Å². The largest absolute Gasteiger partial charge is 0.353 e. The van der Waals surface area contributed by atoms with Crippen molar-refractivity contribution in [2.45, 2.75) is 72.5 Å². The van der Waals surface area contributed by atoms with E-state index in [2.05, 4.69) is 27.7 Å². The molecule has 98 valence electrons. The minimum Gasteiger partial charge on any atom is -0.353 e. The molecule has 0 N–H and O–H groups in total. The van der Waals surface area contributed by atoms with Crippen LogP contribution in [0.5, 0.6) is 0 Å². The molecule has 0 atom stereocenters. The van der Waals surface area contributed by atoms with Crippen LogP contribution in [0.2, 0.25) is 0 Å². The molecule has 0 rings (SSSR count). The van der Waals surface area contributed by atoms with E-state index in [1.807, 2.05) is 0 Å². The van der Waals surface area contributed by atoms with Gasteiger partial charge in [-0.15, -0.1) is 0 Å². The van der Waals surface area contributed by atoms with Crippen molar-refractivity contribution in [3.05, 3.63) is 0 Å². The van der Waals surface area contributed by atoms with Crippen molar-refractivity contribution in [3.63, 3.8) is 0 Å². The summed E-state index contributed by atoms with van der Waals surface area (Å²) in [6.45, 7) is 10.5. The van der Waals surface area contributed by atoms with E-state index in [9.17, 15) is 0 Å². The van der Waals surface area contributed by atoms with Crippen LogP contribution in [-0.4, -0.2) is 19.5 Å². The molecule has 0 radical (unpaired) electrons. The molecular formula is C14H30O2. The first-order chi connectivity index (χ1) is 7.70. The van der Waals surface area contributed by atoms with E-state index in [4.69, 9.17) is 9.47 Å². The van der Waals surface area contributed by atoms with Crippen molar-refractivity contribution in [3.8, 4) is 0 Å². The van der Waals surface area contributed by atoms with Crippen molar-refractivity contribution in [2.24, 2.45) is 5.92 Å². The van der Waals surface area contributed by atoms with Gasteiger partial charge in [-0.25, -0.2) is 0 Å². The third-order valence-electron chi connectivity index (χ3n) is 2.58. The fourth-order valence-corrected chi connectivity index (χ4v) is 1.40. The lowest BCUT2D eigenvalue weighted by Crippen LogP contribution is -2.19. The van der Waals surface area contributed by atoms with Gasteiger partial charge in [0.1, 0.15) is 0 Å². The van der Waals surface area contributed by atoms with Gasteiger partial charge in [-0.3, -0.25) is 0 Å². The molecule has 0 aromatic carbocycles. The summed E-state index contributed by atoms with van der Waals surface area (Å²) in [5.41, 5.74) is 0. The molecule has 0 heterocycles. The van der Waals surface area contributed by atoms with Gasteiger partial charge in [0.2, 0.25) is 0 Å². The van der Waals surface area contributed by atoms with E-state index in [1.54, 1.807) is 0 Å². The maximum atomic E-state index is 5.76. The summed E-state index contributed by atoms with van der Waals surface area (Å²) in [5.74, 6) is 0.729. The highest BCUT2D eigenvalue weighted by Gasteiger charge is 2.09. The predicted molar refractivity (Wildman–Crippen MR) is 69.6 cm³/mol. The summed E-state index contributed by atoms with van der Waals surface area (Å²) in [7, 11) is 0. The predicted octanol–water partition coefficient (Wildman–Crippen LogP) is 4.38. The van der Waals surface area contributed by atoms with Crippen LogP contribution in [0.4, 0.5) is 0 Å². The quantitative estimate of drug-likeness (QED) is 0.387. The monoisotopic (exact) mass is 230 g/mol. The Kier molecular flexibility index (Phi) is 11.3. The highest BCUT2D eigenvalue weighted by atomic mass is 16.7. The summed E-state index contributed by atoms with van der Waals surface area (Å²) in [4.78, 5) is 0. The Morgan fingerprint density at radius 1 is 0.812 bits per heavy atom. The number of hydrogen-bond acceptors (Lipinski definition) is 2. The van der Waals surface area contributed by atoms with E-state index in [0.29, 0.717) is 0 Å². The van der Waals surface area contributed by atoms with E-state index >= 15 is 0 Å². The molecule has 2 heteroatoms. The summed E-state index contributed by atoms with van der Waals surface area (Å²) >= 11 is 0. The molecular weight excluding hydrogens is 200 g/mol. The highest BCUT2D eigenvalue weighted by Crippen LogP contribution is 2.12. The highest BCUT2D eigenvalue weighted by molar-refractivity contribution is 4.51. The van der Waals surface area contributed by atoms with Gasteiger partial charge in [-0.05, 0) is 31.6 Å². The first kappa shape index (κ1) is 15.9. The third kappa shape index (κ3) is 10.4. The molecule has 0 aromatic heterocycles. The van der Waals surface area contributed by atoms with Crippen molar-refractivity contribution >= 4 is 0 Å². The first-order valence-corrected chi connectivity index (χ1v) is 6.93. The Morgan fingerprint density at radius 3 is 1.69 bits per heavy atom. The van der Waals surface area contributed by atoms with Crippen LogP contribution < -0.4 is 0 Å². The molecule has 0 saturated heterocycles. The third-order valence-corrected chi connectivity index (χ3v) is 2.58. The van der Waals surface area contributed by atoms with E-state index in [0.717, 1.165) is 38.4 Å². The SMILES string of the molecule is CCCCOC(CCC(C)C)OCCCC. The van der Waals surface area contributed by atoms with Crippen LogP contribution in [0.15, 0.2) is 0 Å². The molecule has 0 saturated carbocycles. The second kappa shape index (κ2) is 11.4. The first-order valence-electron chi connectivity index (χ1n) is 6.93. The van der Waals surface area contributed by atoms with E-state index in [1.165, 1.54) is 19.3 Å². The minimum absolute atomic E-state index is 0.0282. The van der Waals surface area contributed by atoms with E-state index < -0.39 is 0 Å². The molecule has 0 aliphatic heterocycles. The Balaban J connectivity index is 3.67. The lowest BCUT2D eigenvalue weighted by Gasteiger charge is -2.19. The van der Waals surface area contributed by atoms with Crippen LogP contribution in [0.3, 0.4) is 0 Å². The van der Waals surface area contributed by atoms with Crippen LogP contribution in [0.25, 0.3) is 0 Å². The van der Waals surface area contributed by atoms with Crippen molar-refractivity contribution in [2.75, 3.05) is 13.2 Å². The van der Waals surface area contributed by atoms with Crippen LogP contribution >= 0.6 is 0 Å². The molecule has 0 aliphatic rings. The second-order valence-corrected chi connectivity index (χ2v) is 4.85. The lowest BCUT2D eigenvalue weighted by atomic mass is 10.1. The minimum atomic E-state index is 0.0282. The second-order valence-electron chi connectivity index (χ2n) is 4.85. The molecule has 0 spiro atoms. The maximum Gasteiger partial charge on any atom is 0.157 e. The average Bonchev–Trinajstić information content (AvgIpc) is 2.25. The Morgan fingerprint density at radius 2 is 1.31 bits per heavy atom. The molecule has 16 heavy (non-hydrogen) atoms.